The maximum Gasteiger partial charge on any atom is 0.308 e. The van der Waals surface area contributed by atoms with E-state index in [2.05, 4.69) is 0 Å². The van der Waals surface area contributed by atoms with Crippen molar-refractivity contribution in [2.45, 2.75) is 19.4 Å². The summed E-state index contributed by atoms with van der Waals surface area (Å²) in [6.45, 7) is 1.86. The van der Waals surface area contributed by atoms with Crippen LogP contribution < -0.4 is 20.9 Å². The number of esters is 1. The maximum atomic E-state index is 10.9. The average molecular weight is 238 g/mol. The normalized spacial score (nSPS) is 12.0. The summed E-state index contributed by atoms with van der Waals surface area (Å²) in [5.74, 6) is 0.496. The Bertz CT molecular complexity index is 393. The summed E-state index contributed by atoms with van der Waals surface area (Å²) in [6, 6.07) is 5.10. The van der Waals surface area contributed by atoms with Crippen LogP contribution in [0.5, 0.6) is 11.5 Å². The first kappa shape index (κ1) is 13.5. The minimum Gasteiger partial charge on any atom is -0.493 e. The molecule has 0 saturated heterocycles. The van der Waals surface area contributed by atoms with Crippen molar-refractivity contribution in [2.24, 2.45) is 11.5 Å². The number of nitrogens with two attached hydrogens (primary N) is 2. The van der Waals surface area contributed by atoms with E-state index in [-0.39, 0.29) is 12.0 Å². The van der Waals surface area contributed by atoms with Crippen molar-refractivity contribution in [1.82, 2.24) is 0 Å². The van der Waals surface area contributed by atoms with Crippen molar-refractivity contribution in [3.63, 3.8) is 0 Å². The summed E-state index contributed by atoms with van der Waals surface area (Å²) in [5.41, 5.74) is 12.3. The topological polar surface area (TPSA) is 87.6 Å². The molecule has 1 atom stereocenters. The Hall–Kier alpha value is -1.59. The zero-order chi connectivity index (χ0) is 12.8. The number of methoxy groups -OCH3 is 1. The third-order valence-electron chi connectivity index (χ3n) is 2.35. The van der Waals surface area contributed by atoms with E-state index in [1.54, 1.807) is 18.2 Å². The van der Waals surface area contributed by atoms with E-state index in [0.29, 0.717) is 24.5 Å². The second kappa shape index (κ2) is 6.22. The molecule has 17 heavy (non-hydrogen) atoms. The summed E-state index contributed by atoms with van der Waals surface area (Å²) in [4.78, 5) is 10.9. The van der Waals surface area contributed by atoms with Crippen molar-refractivity contribution in [2.75, 3.05) is 13.7 Å². The van der Waals surface area contributed by atoms with Gasteiger partial charge in [0.25, 0.3) is 0 Å². The molecule has 0 radical (unpaired) electrons. The Morgan fingerprint density at radius 2 is 2.12 bits per heavy atom. The summed E-state index contributed by atoms with van der Waals surface area (Å²) >= 11 is 0. The fraction of sp³-hybridized carbons (Fsp3) is 0.417. The first-order valence-electron chi connectivity index (χ1n) is 5.40. The molecule has 1 aromatic rings. The van der Waals surface area contributed by atoms with Crippen LogP contribution in [0.3, 0.4) is 0 Å². The van der Waals surface area contributed by atoms with Crippen LogP contribution in [0.15, 0.2) is 18.2 Å². The van der Waals surface area contributed by atoms with Crippen molar-refractivity contribution < 1.29 is 14.3 Å². The highest BCUT2D eigenvalue weighted by Gasteiger charge is 2.11. The van der Waals surface area contributed by atoms with Gasteiger partial charge in [0.1, 0.15) is 0 Å². The van der Waals surface area contributed by atoms with Crippen LogP contribution in [0.1, 0.15) is 24.9 Å². The molecule has 0 aliphatic carbocycles. The van der Waals surface area contributed by atoms with Crippen LogP contribution in [-0.2, 0) is 4.79 Å². The van der Waals surface area contributed by atoms with Gasteiger partial charge in [-0.1, -0.05) is 6.07 Å². The summed E-state index contributed by atoms with van der Waals surface area (Å²) in [5, 5.41) is 0. The summed E-state index contributed by atoms with van der Waals surface area (Å²) in [6.07, 6.45) is 0.691. The third kappa shape index (κ3) is 3.72. The zero-order valence-electron chi connectivity index (χ0n) is 10.1. The van der Waals surface area contributed by atoms with E-state index in [0.717, 1.165) is 5.56 Å². The minimum absolute atomic E-state index is 0.139. The molecular weight excluding hydrogens is 220 g/mol. The molecule has 0 spiro atoms. The van der Waals surface area contributed by atoms with Crippen LogP contribution in [0, 0.1) is 0 Å². The third-order valence-corrected chi connectivity index (χ3v) is 2.35. The van der Waals surface area contributed by atoms with Gasteiger partial charge < -0.3 is 20.9 Å². The van der Waals surface area contributed by atoms with Crippen molar-refractivity contribution in [1.29, 1.82) is 0 Å². The van der Waals surface area contributed by atoms with Crippen molar-refractivity contribution in [3.05, 3.63) is 23.8 Å². The van der Waals surface area contributed by atoms with E-state index in [1.165, 1.54) is 14.0 Å². The predicted octanol–water partition coefficient (Wildman–Crippen LogP) is 0.969. The molecule has 0 aliphatic rings. The molecule has 0 saturated carbocycles. The Balaban J connectivity index is 2.95. The second-order valence-corrected chi connectivity index (χ2v) is 3.69. The number of rotatable bonds is 5. The number of ether oxygens (including phenoxy) is 2. The van der Waals surface area contributed by atoms with Crippen LogP contribution in [0.25, 0.3) is 0 Å². The molecule has 0 aliphatic heterocycles. The van der Waals surface area contributed by atoms with Crippen LogP contribution in [0.2, 0.25) is 0 Å². The molecule has 5 heteroatoms. The molecule has 0 aromatic heterocycles. The standard InChI is InChI=1S/C12H18N2O3/c1-8(15)17-11-4-3-9(7-12(11)16-2)10(14)5-6-13/h3-4,7,10H,5-6,13-14H2,1-2H3/t10-/m0/s1. The molecule has 0 fully saturated rings. The van der Waals surface area contributed by atoms with Crippen LogP contribution in [0.4, 0.5) is 0 Å². The Morgan fingerprint density at radius 1 is 1.41 bits per heavy atom. The summed E-state index contributed by atoms with van der Waals surface area (Å²) < 4.78 is 10.2. The number of benzene rings is 1. The monoisotopic (exact) mass is 238 g/mol. The highest BCUT2D eigenvalue weighted by Crippen LogP contribution is 2.30. The molecule has 4 N–H and O–H groups in total. The molecular formula is C12H18N2O3. The Kier molecular flexibility index (Phi) is 4.93. The highest BCUT2D eigenvalue weighted by molar-refractivity contribution is 5.70. The van der Waals surface area contributed by atoms with Gasteiger partial charge in [0, 0.05) is 13.0 Å². The largest absolute Gasteiger partial charge is 0.493 e. The van der Waals surface area contributed by atoms with Gasteiger partial charge in [-0.05, 0) is 30.7 Å². The highest BCUT2D eigenvalue weighted by atomic mass is 16.6. The van der Waals surface area contributed by atoms with E-state index in [4.69, 9.17) is 20.9 Å². The predicted molar refractivity (Wildman–Crippen MR) is 64.9 cm³/mol. The van der Waals surface area contributed by atoms with Gasteiger partial charge in [-0.3, -0.25) is 4.79 Å². The molecule has 0 amide bonds. The van der Waals surface area contributed by atoms with Gasteiger partial charge in [-0.15, -0.1) is 0 Å². The lowest BCUT2D eigenvalue weighted by Crippen LogP contribution is -2.15. The fourth-order valence-corrected chi connectivity index (χ4v) is 1.50. The molecule has 1 rings (SSSR count). The molecule has 5 nitrogen and oxygen atoms in total. The SMILES string of the molecule is COc1cc([C@@H](N)CCN)ccc1OC(C)=O. The lowest BCUT2D eigenvalue weighted by molar-refractivity contribution is -0.132. The molecule has 94 valence electrons. The lowest BCUT2D eigenvalue weighted by atomic mass is 10.0. The van der Waals surface area contributed by atoms with Crippen LogP contribution in [-0.4, -0.2) is 19.6 Å². The first-order valence-corrected chi connectivity index (χ1v) is 5.40. The van der Waals surface area contributed by atoms with Gasteiger partial charge >= 0.3 is 5.97 Å². The fourth-order valence-electron chi connectivity index (χ4n) is 1.50. The van der Waals surface area contributed by atoms with E-state index >= 15 is 0 Å². The quantitative estimate of drug-likeness (QED) is 0.589. The molecule has 0 unspecified atom stereocenters. The second-order valence-electron chi connectivity index (χ2n) is 3.69. The average Bonchev–Trinajstić information content (AvgIpc) is 2.29. The van der Waals surface area contributed by atoms with Gasteiger partial charge in [-0.25, -0.2) is 0 Å². The molecule has 0 bridgehead atoms. The van der Waals surface area contributed by atoms with Gasteiger partial charge in [-0.2, -0.15) is 0 Å². The molecule has 0 heterocycles. The van der Waals surface area contributed by atoms with Gasteiger partial charge in [0.15, 0.2) is 11.5 Å². The van der Waals surface area contributed by atoms with E-state index in [9.17, 15) is 4.79 Å². The Morgan fingerprint density at radius 3 is 2.65 bits per heavy atom. The summed E-state index contributed by atoms with van der Waals surface area (Å²) in [7, 11) is 1.51. The number of carbonyl (C=O) groups excluding carboxylic acids is 1. The molecule has 1 aromatic carbocycles. The number of carbonyl (C=O) groups is 1. The Labute approximate surface area is 101 Å². The van der Waals surface area contributed by atoms with Gasteiger partial charge in [0.05, 0.1) is 7.11 Å². The van der Waals surface area contributed by atoms with Gasteiger partial charge in [0.2, 0.25) is 0 Å². The van der Waals surface area contributed by atoms with Crippen molar-refractivity contribution in [3.8, 4) is 11.5 Å². The minimum atomic E-state index is -0.387. The van der Waals surface area contributed by atoms with Crippen molar-refractivity contribution >= 4 is 5.97 Å². The van der Waals surface area contributed by atoms with E-state index < -0.39 is 0 Å². The number of hydrogen-bond acceptors (Lipinski definition) is 5. The zero-order valence-corrected chi connectivity index (χ0v) is 10.1. The number of hydrogen-bond donors (Lipinski definition) is 2. The maximum absolute atomic E-state index is 10.9. The van der Waals surface area contributed by atoms with Crippen LogP contribution >= 0.6 is 0 Å². The van der Waals surface area contributed by atoms with E-state index in [1.807, 2.05) is 0 Å². The smallest absolute Gasteiger partial charge is 0.308 e. The first-order chi connectivity index (χ1) is 8.08. The lowest BCUT2D eigenvalue weighted by Gasteiger charge is -2.14.